The van der Waals surface area contributed by atoms with Crippen LogP contribution in [0.15, 0.2) is 27.4 Å². The molecule has 0 aliphatic heterocycles. The zero-order valence-corrected chi connectivity index (χ0v) is 8.58. The van der Waals surface area contributed by atoms with E-state index in [4.69, 9.17) is 0 Å². The van der Waals surface area contributed by atoms with Gasteiger partial charge in [-0.05, 0) is 11.2 Å². The van der Waals surface area contributed by atoms with Crippen LogP contribution in [0.4, 0.5) is 10.1 Å². The van der Waals surface area contributed by atoms with Crippen molar-refractivity contribution in [2.75, 3.05) is 6.26 Å². The largest absolute Gasteiger partial charge is 0.255 e. The molecule has 0 saturated carbocycles. The van der Waals surface area contributed by atoms with E-state index in [0.29, 0.717) is 0 Å². The van der Waals surface area contributed by atoms with Gasteiger partial charge >= 0.3 is 0 Å². The van der Waals surface area contributed by atoms with Crippen molar-refractivity contribution in [3.05, 3.63) is 33.3 Å². The van der Waals surface area contributed by atoms with Crippen LogP contribution in [0.2, 0.25) is 0 Å². The summed E-state index contributed by atoms with van der Waals surface area (Å²) < 4.78 is 24.5. The van der Waals surface area contributed by atoms with Gasteiger partial charge in [0.2, 0.25) is 0 Å². The number of hydrogen-bond donors (Lipinski definition) is 0. The Labute approximate surface area is 87.1 Å². The van der Waals surface area contributed by atoms with Crippen molar-refractivity contribution in [2.45, 2.75) is 11.4 Å². The summed E-state index contributed by atoms with van der Waals surface area (Å²) in [5, 5.41) is 5.07. The zero-order chi connectivity index (χ0) is 11.4. The SMILES string of the molecule is CS(=O)c1cc(N=O)cc(F)c1CN=O. The lowest BCUT2D eigenvalue weighted by Crippen LogP contribution is -1.98. The Kier molecular flexibility index (Phi) is 3.73. The smallest absolute Gasteiger partial charge is 0.131 e. The second-order valence-corrected chi connectivity index (χ2v) is 4.08. The second-order valence-electron chi connectivity index (χ2n) is 2.74. The van der Waals surface area contributed by atoms with E-state index in [-0.39, 0.29) is 16.1 Å². The highest BCUT2D eigenvalue weighted by atomic mass is 32.2. The molecule has 0 spiro atoms. The van der Waals surface area contributed by atoms with E-state index < -0.39 is 23.2 Å². The molecule has 0 aromatic heterocycles. The maximum Gasteiger partial charge on any atom is 0.131 e. The van der Waals surface area contributed by atoms with Gasteiger partial charge in [0.1, 0.15) is 18.0 Å². The molecule has 80 valence electrons. The Morgan fingerprint density at radius 2 is 2.07 bits per heavy atom. The van der Waals surface area contributed by atoms with E-state index in [2.05, 4.69) is 10.4 Å². The molecule has 1 aromatic rings. The van der Waals surface area contributed by atoms with Crippen LogP contribution in [0.25, 0.3) is 0 Å². The minimum Gasteiger partial charge on any atom is -0.255 e. The van der Waals surface area contributed by atoms with Crippen LogP contribution in [0, 0.1) is 15.6 Å². The van der Waals surface area contributed by atoms with Crippen molar-refractivity contribution in [1.29, 1.82) is 0 Å². The fourth-order valence-corrected chi connectivity index (χ4v) is 1.92. The summed E-state index contributed by atoms with van der Waals surface area (Å²) in [6, 6.07) is 2.07. The van der Waals surface area contributed by atoms with Gasteiger partial charge in [0.25, 0.3) is 0 Å². The van der Waals surface area contributed by atoms with Gasteiger partial charge in [0.05, 0.1) is 10.8 Å². The van der Waals surface area contributed by atoms with E-state index in [9.17, 15) is 18.4 Å². The number of nitroso groups, excluding NO2 is 2. The molecular formula is C8H7FN2O3S. The monoisotopic (exact) mass is 230 g/mol. The normalized spacial score (nSPS) is 12.1. The minimum absolute atomic E-state index is 0.0572. The standard InChI is InChI=1S/C8H7FN2O3S/c1-15(14)8-3-5(11-13)2-7(9)6(8)4-10-12/h2-3H,4H2,1H3. The molecular weight excluding hydrogens is 223 g/mol. The van der Waals surface area contributed by atoms with Crippen LogP contribution >= 0.6 is 0 Å². The van der Waals surface area contributed by atoms with Crippen LogP contribution in [-0.4, -0.2) is 10.5 Å². The van der Waals surface area contributed by atoms with Crippen LogP contribution in [0.3, 0.4) is 0 Å². The summed E-state index contributed by atoms with van der Waals surface area (Å²) in [5.74, 6) is -0.795. The maximum absolute atomic E-state index is 13.3. The Balaban J connectivity index is 3.41. The highest BCUT2D eigenvalue weighted by molar-refractivity contribution is 7.84. The molecule has 1 atom stereocenters. The average Bonchev–Trinajstić information content (AvgIpc) is 2.20. The first-order chi connectivity index (χ1) is 7.10. The third-order valence-electron chi connectivity index (χ3n) is 1.78. The topological polar surface area (TPSA) is 75.9 Å². The Morgan fingerprint density at radius 3 is 2.53 bits per heavy atom. The summed E-state index contributed by atoms with van der Waals surface area (Å²) in [7, 11) is -1.50. The maximum atomic E-state index is 13.3. The van der Waals surface area contributed by atoms with E-state index in [0.717, 1.165) is 6.07 Å². The fourth-order valence-electron chi connectivity index (χ4n) is 1.12. The molecule has 0 saturated heterocycles. The lowest BCUT2D eigenvalue weighted by Gasteiger charge is -2.05. The van der Waals surface area contributed by atoms with Crippen molar-refractivity contribution in [3.63, 3.8) is 0 Å². The van der Waals surface area contributed by atoms with Gasteiger partial charge in [-0.2, -0.15) is 4.91 Å². The lowest BCUT2D eigenvalue weighted by atomic mass is 10.2. The third-order valence-corrected chi connectivity index (χ3v) is 2.76. The van der Waals surface area contributed by atoms with Crippen LogP contribution in [0.5, 0.6) is 0 Å². The molecule has 1 rings (SSSR count). The predicted molar refractivity (Wildman–Crippen MR) is 53.7 cm³/mol. The van der Waals surface area contributed by atoms with Gasteiger partial charge < -0.3 is 0 Å². The van der Waals surface area contributed by atoms with Gasteiger partial charge in [-0.1, -0.05) is 5.18 Å². The highest BCUT2D eigenvalue weighted by Crippen LogP contribution is 2.24. The average molecular weight is 230 g/mol. The molecule has 0 bridgehead atoms. The fraction of sp³-hybridized carbons (Fsp3) is 0.250. The van der Waals surface area contributed by atoms with E-state index in [1.54, 1.807) is 0 Å². The molecule has 0 heterocycles. The van der Waals surface area contributed by atoms with Gasteiger partial charge in [-0.25, -0.2) is 4.39 Å². The van der Waals surface area contributed by atoms with Gasteiger partial charge in [0.15, 0.2) is 0 Å². The number of rotatable bonds is 4. The number of benzene rings is 1. The summed E-state index contributed by atoms with van der Waals surface area (Å²) in [6.07, 6.45) is 1.32. The molecule has 1 aromatic carbocycles. The van der Waals surface area contributed by atoms with Crippen LogP contribution in [-0.2, 0) is 17.3 Å². The molecule has 0 aliphatic rings. The molecule has 5 nitrogen and oxygen atoms in total. The lowest BCUT2D eigenvalue weighted by molar-refractivity contribution is 0.603. The molecule has 0 amide bonds. The highest BCUT2D eigenvalue weighted by Gasteiger charge is 2.14. The van der Waals surface area contributed by atoms with Crippen LogP contribution < -0.4 is 0 Å². The molecule has 0 fully saturated rings. The first-order valence-corrected chi connectivity index (χ1v) is 5.44. The van der Waals surface area contributed by atoms with Gasteiger partial charge in [-0.15, -0.1) is 4.91 Å². The third kappa shape index (κ3) is 2.50. The summed E-state index contributed by atoms with van der Waals surface area (Å²) in [6.45, 7) is -0.417. The Hall–Kier alpha value is -1.50. The van der Waals surface area contributed by atoms with Crippen molar-refractivity contribution >= 4 is 16.5 Å². The zero-order valence-electron chi connectivity index (χ0n) is 7.77. The second kappa shape index (κ2) is 4.83. The van der Waals surface area contributed by atoms with Crippen molar-refractivity contribution in [3.8, 4) is 0 Å². The van der Waals surface area contributed by atoms with E-state index in [1.807, 2.05) is 0 Å². The number of halogens is 1. The molecule has 0 aliphatic carbocycles. The van der Waals surface area contributed by atoms with Crippen LogP contribution in [0.1, 0.15) is 5.56 Å². The Morgan fingerprint density at radius 1 is 1.40 bits per heavy atom. The van der Waals surface area contributed by atoms with Crippen molar-refractivity contribution < 1.29 is 8.60 Å². The molecule has 0 N–H and O–H groups in total. The number of hydrogen-bond acceptors (Lipinski definition) is 5. The molecule has 15 heavy (non-hydrogen) atoms. The van der Waals surface area contributed by atoms with Gasteiger partial charge in [0, 0.05) is 22.8 Å². The first-order valence-electron chi connectivity index (χ1n) is 3.88. The van der Waals surface area contributed by atoms with E-state index >= 15 is 0 Å². The quantitative estimate of drug-likeness (QED) is 0.744. The first kappa shape index (κ1) is 11.6. The van der Waals surface area contributed by atoms with E-state index in [1.165, 1.54) is 12.3 Å². The minimum atomic E-state index is -1.50. The van der Waals surface area contributed by atoms with Crippen molar-refractivity contribution in [1.82, 2.24) is 0 Å². The molecule has 1 unspecified atom stereocenters. The van der Waals surface area contributed by atoms with Crippen molar-refractivity contribution in [2.24, 2.45) is 10.4 Å². The summed E-state index contributed by atoms with van der Waals surface area (Å²) in [4.78, 5) is 20.3. The molecule has 7 heteroatoms. The Bertz CT molecular complexity index is 436. The number of nitrogens with zero attached hydrogens (tertiary/aromatic N) is 2. The summed E-state index contributed by atoms with van der Waals surface area (Å²) >= 11 is 0. The molecule has 0 radical (unpaired) electrons. The predicted octanol–water partition coefficient (Wildman–Crippen LogP) is 2.23. The summed E-state index contributed by atoms with van der Waals surface area (Å²) in [5.41, 5.74) is -0.217. The van der Waals surface area contributed by atoms with Gasteiger partial charge in [-0.3, -0.25) is 4.21 Å².